The molecule has 1 aliphatic rings. The molecule has 142 valence electrons. The standard InChI is InChI=1S/C21H21F3N2O/c22-21(23,24)19-8-4-7-17(15-19)9-10-20(27)26-13-11-25(12-14-26)16-18-5-2-1-3-6-18/h1-10,15H,11-14,16H2/p+1/b10-9+. The van der Waals surface area contributed by atoms with Gasteiger partial charge in [0.2, 0.25) is 5.91 Å². The lowest BCUT2D eigenvalue weighted by atomic mass is 10.1. The predicted molar refractivity (Wildman–Crippen MR) is 97.9 cm³/mol. The second-order valence-electron chi connectivity index (χ2n) is 6.69. The number of carbonyl (C=O) groups is 1. The van der Waals surface area contributed by atoms with E-state index >= 15 is 0 Å². The largest absolute Gasteiger partial charge is 0.416 e. The van der Waals surface area contributed by atoms with Crippen molar-refractivity contribution in [2.75, 3.05) is 26.2 Å². The van der Waals surface area contributed by atoms with Crippen LogP contribution in [0.5, 0.6) is 0 Å². The van der Waals surface area contributed by atoms with Gasteiger partial charge in [-0.05, 0) is 23.8 Å². The zero-order valence-corrected chi connectivity index (χ0v) is 14.9. The number of carbonyl (C=O) groups excluding carboxylic acids is 1. The maximum Gasteiger partial charge on any atom is 0.416 e. The van der Waals surface area contributed by atoms with Crippen LogP contribution in [-0.4, -0.2) is 37.0 Å². The maximum absolute atomic E-state index is 12.7. The van der Waals surface area contributed by atoms with Crippen molar-refractivity contribution in [2.45, 2.75) is 12.7 Å². The number of alkyl halides is 3. The molecule has 1 N–H and O–H groups in total. The molecule has 6 heteroatoms. The van der Waals surface area contributed by atoms with Crippen LogP contribution in [0.4, 0.5) is 13.2 Å². The molecule has 0 saturated carbocycles. The molecule has 1 heterocycles. The first-order chi connectivity index (χ1) is 12.9. The minimum absolute atomic E-state index is 0.161. The van der Waals surface area contributed by atoms with E-state index in [9.17, 15) is 18.0 Å². The second kappa shape index (κ2) is 8.39. The fourth-order valence-corrected chi connectivity index (χ4v) is 3.20. The second-order valence-corrected chi connectivity index (χ2v) is 6.69. The van der Waals surface area contributed by atoms with Crippen LogP contribution in [0.3, 0.4) is 0 Å². The number of nitrogens with zero attached hydrogens (tertiary/aromatic N) is 1. The molecule has 0 unspecified atom stereocenters. The highest BCUT2D eigenvalue weighted by Gasteiger charge is 2.30. The van der Waals surface area contributed by atoms with Gasteiger partial charge in [0.15, 0.2) is 0 Å². The van der Waals surface area contributed by atoms with Crippen LogP contribution in [0, 0.1) is 0 Å². The van der Waals surface area contributed by atoms with Crippen LogP contribution in [0.15, 0.2) is 60.7 Å². The maximum atomic E-state index is 12.7. The molecule has 1 fully saturated rings. The molecule has 0 atom stereocenters. The molecule has 0 aromatic heterocycles. The summed E-state index contributed by atoms with van der Waals surface area (Å²) in [6.45, 7) is 3.95. The Labute approximate surface area is 156 Å². The smallest absolute Gasteiger partial charge is 0.328 e. The lowest BCUT2D eigenvalue weighted by molar-refractivity contribution is -0.917. The Kier molecular flexibility index (Phi) is 5.96. The first-order valence-corrected chi connectivity index (χ1v) is 8.93. The molecule has 2 aromatic carbocycles. The van der Waals surface area contributed by atoms with Crippen molar-refractivity contribution in [3.63, 3.8) is 0 Å². The summed E-state index contributed by atoms with van der Waals surface area (Å²) >= 11 is 0. The molecular weight excluding hydrogens is 353 g/mol. The Bertz CT molecular complexity index is 795. The van der Waals surface area contributed by atoms with Gasteiger partial charge in [-0.15, -0.1) is 0 Å². The van der Waals surface area contributed by atoms with E-state index in [2.05, 4.69) is 12.1 Å². The molecule has 2 aromatic rings. The highest BCUT2D eigenvalue weighted by molar-refractivity contribution is 5.91. The summed E-state index contributed by atoms with van der Waals surface area (Å²) < 4.78 is 38.2. The van der Waals surface area contributed by atoms with Crippen LogP contribution >= 0.6 is 0 Å². The van der Waals surface area contributed by atoms with E-state index in [0.29, 0.717) is 18.7 Å². The number of nitrogens with one attached hydrogen (secondary N) is 1. The lowest BCUT2D eigenvalue weighted by Gasteiger charge is -2.31. The Balaban J connectivity index is 1.53. The van der Waals surface area contributed by atoms with Crippen molar-refractivity contribution in [3.8, 4) is 0 Å². The predicted octanol–water partition coefficient (Wildman–Crippen LogP) is 2.65. The summed E-state index contributed by atoms with van der Waals surface area (Å²) in [5.74, 6) is -0.161. The average molecular weight is 375 g/mol. The Morgan fingerprint density at radius 3 is 2.41 bits per heavy atom. The van der Waals surface area contributed by atoms with Crippen LogP contribution in [0.1, 0.15) is 16.7 Å². The van der Waals surface area contributed by atoms with Gasteiger partial charge in [0.1, 0.15) is 6.54 Å². The van der Waals surface area contributed by atoms with E-state index in [1.807, 2.05) is 18.2 Å². The lowest BCUT2D eigenvalue weighted by Crippen LogP contribution is -3.13. The molecule has 1 amide bonds. The molecule has 0 aliphatic carbocycles. The molecular formula is C21H22F3N2O+. The third kappa shape index (κ3) is 5.44. The Morgan fingerprint density at radius 2 is 1.74 bits per heavy atom. The number of benzene rings is 2. The monoisotopic (exact) mass is 375 g/mol. The normalized spacial score (nSPS) is 16.0. The minimum atomic E-state index is -4.38. The molecule has 0 spiro atoms. The van der Waals surface area contributed by atoms with Crippen molar-refractivity contribution in [1.82, 2.24) is 4.90 Å². The molecule has 27 heavy (non-hydrogen) atoms. The van der Waals surface area contributed by atoms with Gasteiger partial charge in [-0.1, -0.05) is 42.5 Å². The van der Waals surface area contributed by atoms with Crippen molar-refractivity contribution in [2.24, 2.45) is 0 Å². The number of hydrogen-bond acceptors (Lipinski definition) is 1. The molecule has 0 bridgehead atoms. The van der Waals surface area contributed by atoms with E-state index in [-0.39, 0.29) is 5.91 Å². The summed E-state index contributed by atoms with van der Waals surface area (Å²) in [5, 5.41) is 0. The van der Waals surface area contributed by atoms with Gasteiger partial charge >= 0.3 is 6.18 Å². The average Bonchev–Trinajstić information content (AvgIpc) is 2.67. The summed E-state index contributed by atoms with van der Waals surface area (Å²) in [4.78, 5) is 15.5. The topological polar surface area (TPSA) is 24.8 Å². The molecule has 0 radical (unpaired) electrons. The van der Waals surface area contributed by atoms with Crippen LogP contribution in [-0.2, 0) is 17.5 Å². The highest BCUT2D eigenvalue weighted by atomic mass is 19.4. The van der Waals surface area contributed by atoms with Gasteiger partial charge in [0, 0.05) is 11.6 Å². The number of amides is 1. The summed E-state index contributed by atoms with van der Waals surface area (Å²) in [6, 6.07) is 15.2. The van der Waals surface area contributed by atoms with Gasteiger partial charge in [-0.2, -0.15) is 13.2 Å². The minimum Gasteiger partial charge on any atom is -0.328 e. The molecule has 1 saturated heterocycles. The molecule has 1 aliphatic heterocycles. The van der Waals surface area contributed by atoms with Gasteiger partial charge in [-0.25, -0.2) is 0 Å². The quantitative estimate of drug-likeness (QED) is 0.817. The zero-order chi connectivity index (χ0) is 19.3. The van der Waals surface area contributed by atoms with E-state index in [1.54, 1.807) is 11.0 Å². The van der Waals surface area contributed by atoms with Crippen LogP contribution < -0.4 is 4.90 Å². The fourth-order valence-electron chi connectivity index (χ4n) is 3.20. The van der Waals surface area contributed by atoms with Crippen molar-refractivity contribution < 1.29 is 22.9 Å². The van der Waals surface area contributed by atoms with E-state index < -0.39 is 11.7 Å². The van der Waals surface area contributed by atoms with Gasteiger partial charge in [-0.3, -0.25) is 4.79 Å². The molecule has 3 nitrogen and oxygen atoms in total. The van der Waals surface area contributed by atoms with E-state index in [1.165, 1.54) is 28.7 Å². The van der Waals surface area contributed by atoms with Crippen LogP contribution in [0.2, 0.25) is 0 Å². The van der Waals surface area contributed by atoms with Gasteiger partial charge < -0.3 is 9.80 Å². The summed E-state index contributed by atoms with van der Waals surface area (Å²) in [7, 11) is 0. The first-order valence-electron chi connectivity index (χ1n) is 8.93. The highest BCUT2D eigenvalue weighted by Crippen LogP contribution is 2.29. The van der Waals surface area contributed by atoms with Gasteiger partial charge in [0.25, 0.3) is 0 Å². The van der Waals surface area contributed by atoms with Crippen molar-refractivity contribution in [3.05, 3.63) is 77.4 Å². The number of hydrogen-bond donors (Lipinski definition) is 1. The van der Waals surface area contributed by atoms with Gasteiger partial charge in [0.05, 0.1) is 31.7 Å². The number of quaternary nitrogens is 1. The van der Waals surface area contributed by atoms with Crippen molar-refractivity contribution in [1.29, 1.82) is 0 Å². The Hall–Kier alpha value is -2.60. The number of rotatable bonds is 4. The fraction of sp³-hybridized carbons (Fsp3) is 0.286. The van der Waals surface area contributed by atoms with Crippen molar-refractivity contribution >= 4 is 12.0 Å². The third-order valence-corrected chi connectivity index (χ3v) is 4.71. The number of halogens is 3. The van der Waals surface area contributed by atoms with E-state index in [4.69, 9.17) is 0 Å². The van der Waals surface area contributed by atoms with Crippen LogP contribution in [0.25, 0.3) is 6.08 Å². The SMILES string of the molecule is O=C(/C=C/c1cccc(C(F)(F)F)c1)N1CC[NH+](Cc2ccccc2)CC1. The first kappa shape index (κ1) is 19.2. The Morgan fingerprint density at radius 1 is 1.04 bits per heavy atom. The molecule has 3 rings (SSSR count). The zero-order valence-electron chi connectivity index (χ0n) is 14.9. The van der Waals surface area contributed by atoms with E-state index in [0.717, 1.165) is 31.8 Å². The summed E-state index contributed by atoms with van der Waals surface area (Å²) in [6.07, 6.45) is -1.58. The summed E-state index contributed by atoms with van der Waals surface area (Å²) in [5.41, 5.74) is 0.929. The number of piperazine rings is 1. The third-order valence-electron chi connectivity index (χ3n) is 4.71.